The molecule has 45 heavy (non-hydrogen) atoms. The topological polar surface area (TPSA) is 108 Å². The number of nitrogens with one attached hydrogen (secondary N) is 3. The molecule has 4 amide bonds. The van der Waals surface area contributed by atoms with E-state index in [0.717, 1.165) is 36.0 Å². The highest BCUT2D eigenvalue weighted by molar-refractivity contribution is 6.30. The summed E-state index contributed by atoms with van der Waals surface area (Å²) in [6.45, 7) is -0.430. The number of alkyl halides is 3. The van der Waals surface area contributed by atoms with Gasteiger partial charge in [-0.15, -0.1) is 0 Å². The molecular weight excluding hydrogens is 609 g/mol. The van der Waals surface area contributed by atoms with Crippen molar-refractivity contribution in [3.8, 4) is 0 Å². The number of halogens is 4. The Bertz CT molecular complexity index is 1700. The smallest absolute Gasteiger partial charge is 0.339 e. The van der Waals surface area contributed by atoms with E-state index in [1.807, 2.05) is 35.6 Å². The van der Waals surface area contributed by atoms with E-state index in [4.69, 9.17) is 11.6 Å². The summed E-state index contributed by atoms with van der Waals surface area (Å²) in [5.41, 5.74) is 4.92. The van der Waals surface area contributed by atoms with Crippen molar-refractivity contribution in [2.24, 2.45) is 13.0 Å². The zero-order valence-electron chi connectivity index (χ0n) is 24.5. The molecule has 4 atom stereocenters. The minimum Gasteiger partial charge on any atom is -0.339 e. The summed E-state index contributed by atoms with van der Waals surface area (Å²) in [7, 11) is 1.66. The molecule has 2 heterocycles. The quantitative estimate of drug-likeness (QED) is 0.368. The molecule has 1 saturated carbocycles. The number of fused-ring (bicyclic) bond motifs is 3. The van der Waals surface area contributed by atoms with Crippen molar-refractivity contribution in [2.45, 2.75) is 68.2 Å². The molecule has 3 aromatic rings. The minimum atomic E-state index is -4.51. The van der Waals surface area contributed by atoms with Crippen molar-refractivity contribution >= 4 is 35.1 Å². The predicted octanol–water partition coefficient (Wildman–Crippen LogP) is 4.53. The van der Waals surface area contributed by atoms with Gasteiger partial charge in [-0.2, -0.15) is 18.3 Å². The number of aryl methyl sites for hydroxylation is 1. The van der Waals surface area contributed by atoms with Gasteiger partial charge in [0.25, 0.3) is 5.91 Å². The molecule has 2 fully saturated rings. The third kappa shape index (κ3) is 5.53. The molecule has 3 unspecified atom stereocenters. The Labute approximate surface area is 262 Å². The molecule has 1 aromatic heterocycles. The van der Waals surface area contributed by atoms with Crippen LogP contribution in [0.2, 0.25) is 5.02 Å². The highest BCUT2D eigenvalue weighted by Crippen LogP contribution is 2.57. The van der Waals surface area contributed by atoms with Crippen LogP contribution in [-0.4, -0.2) is 63.4 Å². The highest BCUT2D eigenvalue weighted by Gasteiger charge is 2.52. The SMILES string of the molecule is Cn1nccc1C(=O)NC(C(=O)Nc1ccc2c(c1)CC(N1C[C@@H](C(F)(F)F)NC1=O)C2)C1Cc2ccc(Cl)cc2C2(CC2)C1. The first-order valence-corrected chi connectivity index (χ1v) is 15.4. The van der Waals surface area contributed by atoms with Gasteiger partial charge in [-0.25, -0.2) is 4.79 Å². The first-order chi connectivity index (χ1) is 21.4. The number of carbonyl (C=O) groups excluding carboxylic acids is 3. The number of carbonyl (C=O) groups is 3. The highest BCUT2D eigenvalue weighted by atomic mass is 35.5. The van der Waals surface area contributed by atoms with E-state index in [1.54, 1.807) is 19.2 Å². The second-order valence-electron chi connectivity index (χ2n) is 12.8. The van der Waals surface area contributed by atoms with Crippen LogP contribution in [0.25, 0.3) is 0 Å². The van der Waals surface area contributed by atoms with Gasteiger partial charge in [0.05, 0.1) is 6.54 Å². The molecule has 13 heteroatoms. The second kappa shape index (κ2) is 10.8. The average molecular weight is 641 g/mol. The zero-order valence-corrected chi connectivity index (χ0v) is 25.2. The molecule has 4 aliphatic rings. The van der Waals surface area contributed by atoms with E-state index in [-0.39, 0.29) is 17.2 Å². The van der Waals surface area contributed by atoms with E-state index in [9.17, 15) is 27.6 Å². The van der Waals surface area contributed by atoms with Gasteiger partial charge in [-0.3, -0.25) is 14.3 Å². The first-order valence-electron chi connectivity index (χ1n) is 15.0. The molecule has 0 bridgehead atoms. The van der Waals surface area contributed by atoms with Crippen LogP contribution in [-0.2, 0) is 36.5 Å². The van der Waals surface area contributed by atoms with E-state index in [1.165, 1.54) is 21.3 Å². The summed E-state index contributed by atoms with van der Waals surface area (Å²) in [6.07, 6.45) is 1.13. The lowest BCUT2D eigenvalue weighted by Gasteiger charge is -2.36. The summed E-state index contributed by atoms with van der Waals surface area (Å²) < 4.78 is 41.1. The summed E-state index contributed by atoms with van der Waals surface area (Å²) in [6, 6.07) is 9.02. The van der Waals surface area contributed by atoms with Crippen LogP contribution in [0.15, 0.2) is 48.7 Å². The van der Waals surface area contributed by atoms with Gasteiger partial charge in [0.2, 0.25) is 5.91 Å². The molecular formula is C32H32ClF3N6O3. The molecule has 1 aliphatic heterocycles. The third-order valence-electron chi connectivity index (χ3n) is 9.88. The van der Waals surface area contributed by atoms with Crippen molar-refractivity contribution in [2.75, 3.05) is 11.9 Å². The first kappa shape index (κ1) is 29.6. The van der Waals surface area contributed by atoms with E-state index in [2.05, 4.69) is 15.7 Å². The van der Waals surface area contributed by atoms with E-state index in [0.29, 0.717) is 35.7 Å². The van der Waals surface area contributed by atoms with Gasteiger partial charge in [-0.05, 0) is 102 Å². The van der Waals surface area contributed by atoms with Crippen molar-refractivity contribution in [1.29, 1.82) is 0 Å². The summed E-state index contributed by atoms with van der Waals surface area (Å²) in [5.74, 6) is -0.933. The Morgan fingerprint density at radius 2 is 1.82 bits per heavy atom. The van der Waals surface area contributed by atoms with Crippen LogP contribution >= 0.6 is 11.6 Å². The number of benzene rings is 2. The zero-order chi connectivity index (χ0) is 31.7. The van der Waals surface area contributed by atoms with E-state index < -0.39 is 42.8 Å². The van der Waals surface area contributed by atoms with E-state index >= 15 is 0 Å². The number of amides is 4. The molecule has 236 valence electrons. The number of urea groups is 1. The van der Waals surface area contributed by atoms with Crippen molar-refractivity contribution < 1.29 is 27.6 Å². The summed E-state index contributed by atoms with van der Waals surface area (Å²) in [4.78, 5) is 41.0. The van der Waals surface area contributed by atoms with Gasteiger partial charge < -0.3 is 20.9 Å². The fraction of sp³-hybridized carbons (Fsp3) is 0.438. The molecule has 3 aliphatic carbocycles. The maximum absolute atomic E-state index is 14.0. The number of aromatic nitrogens is 2. The Morgan fingerprint density at radius 1 is 1.07 bits per heavy atom. The lowest BCUT2D eigenvalue weighted by molar-refractivity contribution is -0.150. The molecule has 0 radical (unpaired) electrons. The van der Waals surface area contributed by atoms with Gasteiger partial charge in [0, 0.05) is 30.0 Å². The van der Waals surface area contributed by atoms with Crippen LogP contribution in [0.4, 0.5) is 23.7 Å². The van der Waals surface area contributed by atoms with Gasteiger partial charge in [0.1, 0.15) is 17.8 Å². The number of hydrogen-bond acceptors (Lipinski definition) is 4. The Kier molecular flexibility index (Phi) is 7.10. The maximum atomic E-state index is 14.0. The Balaban J connectivity index is 1.11. The van der Waals surface area contributed by atoms with Gasteiger partial charge >= 0.3 is 12.2 Å². The number of hydrogen-bond donors (Lipinski definition) is 3. The number of rotatable bonds is 6. The largest absolute Gasteiger partial charge is 0.410 e. The normalized spacial score (nSPS) is 23.7. The second-order valence-corrected chi connectivity index (χ2v) is 13.2. The lowest BCUT2D eigenvalue weighted by atomic mass is 9.71. The number of anilines is 1. The van der Waals surface area contributed by atoms with Crippen LogP contribution in [0.1, 0.15) is 52.0 Å². The van der Waals surface area contributed by atoms with Gasteiger partial charge in [-0.1, -0.05) is 23.7 Å². The third-order valence-corrected chi connectivity index (χ3v) is 10.1. The molecule has 2 aromatic carbocycles. The van der Waals surface area contributed by atoms with Crippen molar-refractivity contribution in [3.05, 3.63) is 81.6 Å². The fourth-order valence-corrected chi connectivity index (χ4v) is 7.60. The molecule has 9 nitrogen and oxygen atoms in total. The lowest BCUT2D eigenvalue weighted by Crippen LogP contribution is -2.51. The monoisotopic (exact) mass is 640 g/mol. The Hall–Kier alpha value is -4.06. The predicted molar refractivity (Wildman–Crippen MR) is 160 cm³/mol. The molecule has 1 saturated heterocycles. The van der Waals surface area contributed by atoms with Crippen LogP contribution in [0, 0.1) is 5.92 Å². The van der Waals surface area contributed by atoms with Crippen LogP contribution in [0.3, 0.4) is 0 Å². The molecule has 3 N–H and O–H groups in total. The molecule has 1 spiro atoms. The van der Waals surface area contributed by atoms with Crippen LogP contribution in [0.5, 0.6) is 0 Å². The minimum absolute atomic E-state index is 0.0610. The summed E-state index contributed by atoms with van der Waals surface area (Å²) >= 11 is 6.33. The number of nitrogens with zero attached hydrogens (tertiary/aromatic N) is 3. The fourth-order valence-electron chi connectivity index (χ4n) is 7.43. The van der Waals surface area contributed by atoms with Gasteiger partial charge in [0.15, 0.2) is 0 Å². The standard InChI is InChI=1S/C32H32ClF3N6O3/c1-41-25(6-9-37-41)28(43)40-27(20-10-18-2-4-21(33)14-24(18)31(15-20)7-8-31)29(44)38-22-5-3-17-12-23(13-19(17)11-22)42-16-26(32(34,35)36)39-30(42)45/h2-6,9,11,14,20,23,26-27H,7-8,10,12-13,15-16H2,1H3,(H,38,44)(H,39,45)(H,40,43)/t20?,23?,26-,27?/m0/s1. The Morgan fingerprint density at radius 3 is 2.51 bits per heavy atom. The average Bonchev–Trinajstić information content (AvgIpc) is 3.28. The van der Waals surface area contributed by atoms with Crippen LogP contribution < -0.4 is 16.0 Å². The van der Waals surface area contributed by atoms with Crippen molar-refractivity contribution in [1.82, 2.24) is 25.3 Å². The maximum Gasteiger partial charge on any atom is 0.410 e. The van der Waals surface area contributed by atoms with Crippen molar-refractivity contribution in [3.63, 3.8) is 0 Å². The summed E-state index contributed by atoms with van der Waals surface area (Å²) in [5, 5.41) is 12.8. The molecule has 7 rings (SSSR count).